The van der Waals surface area contributed by atoms with Crippen LogP contribution in [0.25, 0.3) is 0 Å². The molecule has 72 valence electrons. The van der Waals surface area contributed by atoms with Crippen LogP contribution in [0.15, 0.2) is 24.3 Å². The molecule has 1 rings (SSSR count). The minimum Gasteiger partial charge on any atom is -0.340 e. The van der Waals surface area contributed by atoms with Gasteiger partial charge < -0.3 is 4.90 Å². The van der Waals surface area contributed by atoms with Gasteiger partial charge in [-0.2, -0.15) is 0 Å². The molecule has 0 aromatic heterocycles. The van der Waals surface area contributed by atoms with E-state index in [0.717, 1.165) is 0 Å². The Morgan fingerprint density at radius 1 is 1.08 bits per heavy atom. The number of nitrogens with one attached hydrogen (secondary N) is 1. The Hall–Kier alpha value is -0.820. The number of hydrogen-bond acceptors (Lipinski definition) is 0. The first-order valence-corrected chi connectivity index (χ1v) is 5.03. The molecule has 0 aliphatic carbocycles. The second-order valence-electron chi connectivity index (χ2n) is 4.05. The Labute approximate surface area is 81.4 Å². The molecular formula is C12H20N+. The summed E-state index contributed by atoms with van der Waals surface area (Å²) in [5, 5.41) is 0. The molecule has 0 aliphatic heterocycles. The molecule has 0 saturated heterocycles. The van der Waals surface area contributed by atoms with Crippen molar-refractivity contribution in [1.29, 1.82) is 0 Å². The van der Waals surface area contributed by atoms with Gasteiger partial charge in [-0.15, -0.1) is 0 Å². The minimum absolute atomic E-state index is 1.21. The first kappa shape index (κ1) is 10.3. The molecule has 0 aliphatic rings. The first-order chi connectivity index (χ1) is 6.18. The summed E-state index contributed by atoms with van der Waals surface area (Å²) in [6, 6.07) is 8.86. The molecule has 0 saturated carbocycles. The van der Waals surface area contributed by atoms with Crippen LogP contribution in [0.2, 0.25) is 0 Å². The molecule has 1 aromatic carbocycles. The molecule has 1 heteroatoms. The van der Waals surface area contributed by atoms with Crippen LogP contribution >= 0.6 is 0 Å². The van der Waals surface area contributed by atoms with E-state index in [1.54, 1.807) is 0 Å². The number of hydrogen-bond donors (Lipinski definition) is 1. The van der Waals surface area contributed by atoms with Crippen molar-refractivity contribution in [2.45, 2.75) is 19.8 Å². The zero-order chi connectivity index (χ0) is 9.68. The van der Waals surface area contributed by atoms with Gasteiger partial charge in [0.2, 0.25) is 0 Å². The SMILES string of the molecule is Cc1ccc(CCC[NH+](C)C)cc1. The van der Waals surface area contributed by atoms with Gasteiger partial charge in [0.15, 0.2) is 0 Å². The van der Waals surface area contributed by atoms with Crippen LogP contribution in [-0.4, -0.2) is 20.6 Å². The standard InChI is InChI=1S/C12H19N/c1-11-6-8-12(9-7-11)5-4-10-13(2)3/h6-9H,4-5,10H2,1-3H3/p+1. The lowest BCUT2D eigenvalue weighted by Crippen LogP contribution is -3.05. The maximum Gasteiger partial charge on any atom is 0.0770 e. The van der Waals surface area contributed by atoms with Gasteiger partial charge in [0.05, 0.1) is 20.6 Å². The van der Waals surface area contributed by atoms with Crippen LogP contribution in [0.1, 0.15) is 17.5 Å². The number of benzene rings is 1. The van der Waals surface area contributed by atoms with Crippen molar-refractivity contribution in [2.75, 3.05) is 20.6 Å². The molecule has 1 aromatic rings. The summed E-state index contributed by atoms with van der Waals surface area (Å²) in [4.78, 5) is 1.53. The topological polar surface area (TPSA) is 4.44 Å². The Kier molecular flexibility index (Phi) is 3.97. The van der Waals surface area contributed by atoms with Crippen molar-refractivity contribution in [3.63, 3.8) is 0 Å². The van der Waals surface area contributed by atoms with Crippen LogP contribution in [0.5, 0.6) is 0 Å². The second-order valence-corrected chi connectivity index (χ2v) is 4.05. The Morgan fingerprint density at radius 3 is 2.23 bits per heavy atom. The molecule has 0 heterocycles. The zero-order valence-electron chi connectivity index (χ0n) is 8.93. The van der Waals surface area contributed by atoms with Crippen molar-refractivity contribution < 1.29 is 4.90 Å². The fraction of sp³-hybridized carbons (Fsp3) is 0.500. The smallest absolute Gasteiger partial charge is 0.0770 e. The van der Waals surface area contributed by atoms with Crippen molar-refractivity contribution in [2.24, 2.45) is 0 Å². The highest BCUT2D eigenvalue weighted by Gasteiger charge is 1.95. The molecule has 0 fully saturated rings. The van der Waals surface area contributed by atoms with Gasteiger partial charge in [0.1, 0.15) is 0 Å². The molecule has 0 unspecified atom stereocenters. The van der Waals surface area contributed by atoms with Gasteiger partial charge >= 0.3 is 0 Å². The van der Waals surface area contributed by atoms with E-state index in [2.05, 4.69) is 45.3 Å². The predicted molar refractivity (Wildman–Crippen MR) is 57.2 cm³/mol. The summed E-state index contributed by atoms with van der Waals surface area (Å²) >= 11 is 0. The van der Waals surface area contributed by atoms with Crippen molar-refractivity contribution in [3.05, 3.63) is 35.4 Å². The molecule has 0 spiro atoms. The van der Waals surface area contributed by atoms with Crippen molar-refractivity contribution in [1.82, 2.24) is 0 Å². The van der Waals surface area contributed by atoms with Crippen molar-refractivity contribution >= 4 is 0 Å². The van der Waals surface area contributed by atoms with Crippen molar-refractivity contribution in [3.8, 4) is 0 Å². The van der Waals surface area contributed by atoms with Gasteiger partial charge in [-0.05, 0) is 18.9 Å². The fourth-order valence-corrected chi connectivity index (χ4v) is 1.40. The summed E-state index contributed by atoms with van der Waals surface area (Å²) < 4.78 is 0. The molecule has 0 bridgehead atoms. The van der Waals surface area contributed by atoms with E-state index in [4.69, 9.17) is 0 Å². The van der Waals surface area contributed by atoms with Crippen LogP contribution in [0.3, 0.4) is 0 Å². The van der Waals surface area contributed by atoms with Gasteiger partial charge in [-0.1, -0.05) is 29.8 Å². The van der Waals surface area contributed by atoms with Crippen LogP contribution < -0.4 is 4.90 Å². The van der Waals surface area contributed by atoms with E-state index >= 15 is 0 Å². The van der Waals surface area contributed by atoms with E-state index in [9.17, 15) is 0 Å². The van der Waals surface area contributed by atoms with E-state index in [1.165, 1.54) is 35.4 Å². The fourth-order valence-electron chi connectivity index (χ4n) is 1.40. The molecule has 0 radical (unpaired) electrons. The molecule has 1 N–H and O–H groups in total. The van der Waals surface area contributed by atoms with Gasteiger partial charge in [-0.25, -0.2) is 0 Å². The maximum atomic E-state index is 2.24. The van der Waals surface area contributed by atoms with E-state index in [1.807, 2.05) is 0 Å². The minimum atomic E-state index is 1.21. The monoisotopic (exact) mass is 178 g/mol. The highest BCUT2D eigenvalue weighted by molar-refractivity contribution is 5.21. The van der Waals surface area contributed by atoms with Crippen LogP contribution in [-0.2, 0) is 6.42 Å². The highest BCUT2D eigenvalue weighted by Crippen LogP contribution is 2.04. The third-order valence-electron chi connectivity index (χ3n) is 2.26. The third-order valence-corrected chi connectivity index (χ3v) is 2.26. The van der Waals surface area contributed by atoms with Crippen LogP contribution in [0.4, 0.5) is 0 Å². The maximum absolute atomic E-state index is 2.24. The molecule has 1 nitrogen and oxygen atoms in total. The zero-order valence-corrected chi connectivity index (χ0v) is 8.93. The summed E-state index contributed by atoms with van der Waals surface area (Å²) in [7, 11) is 4.41. The average molecular weight is 178 g/mol. The number of quaternary nitrogens is 1. The Bertz CT molecular complexity index is 236. The molecule has 0 atom stereocenters. The highest BCUT2D eigenvalue weighted by atomic mass is 15.0. The number of rotatable bonds is 4. The normalized spacial score (nSPS) is 10.8. The lowest BCUT2D eigenvalue weighted by Gasteiger charge is -2.06. The lowest BCUT2D eigenvalue weighted by molar-refractivity contribution is -0.858. The molecule has 13 heavy (non-hydrogen) atoms. The summed E-state index contributed by atoms with van der Waals surface area (Å²) in [6.45, 7) is 3.39. The number of aryl methyl sites for hydroxylation is 2. The van der Waals surface area contributed by atoms with Gasteiger partial charge in [0.25, 0.3) is 0 Å². The average Bonchev–Trinajstić information content (AvgIpc) is 2.08. The molecule has 0 amide bonds. The molecular weight excluding hydrogens is 158 g/mol. The van der Waals surface area contributed by atoms with E-state index < -0.39 is 0 Å². The van der Waals surface area contributed by atoms with Gasteiger partial charge in [-0.3, -0.25) is 0 Å². The van der Waals surface area contributed by atoms with Crippen LogP contribution in [0, 0.1) is 6.92 Å². The third kappa shape index (κ3) is 4.09. The first-order valence-electron chi connectivity index (χ1n) is 5.03. The van der Waals surface area contributed by atoms with Gasteiger partial charge in [0, 0.05) is 6.42 Å². The second kappa shape index (κ2) is 5.03. The Morgan fingerprint density at radius 2 is 1.69 bits per heavy atom. The predicted octanol–water partition coefficient (Wildman–Crippen LogP) is 1.07. The summed E-state index contributed by atoms with van der Waals surface area (Å²) in [5.41, 5.74) is 2.81. The van der Waals surface area contributed by atoms with E-state index in [0.29, 0.717) is 0 Å². The Balaban J connectivity index is 2.33. The largest absolute Gasteiger partial charge is 0.340 e. The summed E-state index contributed by atoms with van der Waals surface area (Å²) in [6.07, 6.45) is 2.50. The quantitative estimate of drug-likeness (QED) is 0.703. The summed E-state index contributed by atoms with van der Waals surface area (Å²) in [5.74, 6) is 0. The van der Waals surface area contributed by atoms with E-state index in [-0.39, 0.29) is 0 Å². The lowest BCUT2D eigenvalue weighted by atomic mass is 10.1.